The molecule has 9 nitrogen and oxygen atoms in total. The van der Waals surface area contributed by atoms with Gasteiger partial charge in [0, 0.05) is 38.6 Å². The molecule has 3 fully saturated rings. The lowest BCUT2D eigenvalue weighted by Crippen LogP contribution is -2.51. The standard InChI is InChI=1S/C24H34FN3O6/c25-19-2-4-20(5-3-19)34-21-6-1-18(24(21)31)15-26(16-22(29)27-7-11-32-12-8-27)17-23(30)28-9-13-33-14-10-28/h2-5,18,21,24,31H,1,6-17H2/t18-,21-,24-/m1/s1. The Bertz CT molecular complexity index is 781. The molecule has 1 N–H and O–H groups in total. The number of ether oxygens (including phenoxy) is 3. The van der Waals surface area contributed by atoms with Crippen LogP contribution < -0.4 is 4.74 Å². The Labute approximate surface area is 199 Å². The van der Waals surface area contributed by atoms with E-state index in [0.717, 1.165) is 0 Å². The Kier molecular flexibility index (Phi) is 8.71. The highest BCUT2D eigenvalue weighted by atomic mass is 19.1. The molecule has 0 aromatic heterocycles. The van der Waals surface area contributed by atoms with E-state index in [2.05, 4.69) is 0 Å². The largest absolute Gasteiger partial charge is 0.488 e. The van der Waals surface area contributed by atoms with Gasteiger partial charge in [-0.15, -0.1) is 0 Å². The highest BCUT2D eigenvalue weighted by molar-refractivity contribution is 5.81. The van der Waals surface area contributed by atoms with Crippen LogP contribution in [0, 0.1) is 11.7 Å². The van der Waals surface area contributed by atoms with Gasteiger partial charge in [0.2, 0.25) is 11.8 Å². The lowest BCUT2D eigenvalue weighted by Gasteiger charge is -2.33. The number of carbonyl (C=O) groups is 2. The van der Waals surface area contributed by atoms with Crippen LogP contribution in [0.1, 0.15) is 12.8 Å². The first kappa shape index (κ1) is 24.8. The molecule has 188 valence electrons. The Hall–Kier alpha value is -2.27. The molecule has 2 heterocycles. The molecule has 1 saturated carbocycles. The zero-order valence-electron chi connectivity index (χ0n) is 19.4. The molecule has 2 amide bonds. The number of aliphatic hydroxyl groups excluding tert-OH is 1. The number of hydrogen-bond acceptors (Lipinski definition) is 7. The first-order valence-corrected chi connectivity index (χ1v) is 12.0. The van der Waals surface area contributed by atoms with E-state index in [1.54, 1.807) is 21.9 Å². The fourth-order valence-electron chi connectivity index (χ4n) is 4.76. The van der Waals surface area contributed by atoms with Gasteiger partial charge in [-0.05, 0) is 37.1 Å². The van der Waals surface area contributed by atoms with Crippen LogP contribution in [0.25, 0.3) is 0 Å². The molecule has 2 saturated heterocycles. The number of nitrogens with zero attached hydrogens (tertiary/aromatic N) is 3. The normalized spacial score (nSPS) is 25.6. The van der Waals surface area contributed by atoms with E-state index in [4.69, 9.17) is 14.2 Å². The number of halogens is 1. The number of benzene rings is 1. The zero-order valence-corrected chi connectivity index (χ0v) is 19.4. The number of hydrogen-bond donors (Lipinski definition) is 1. The van der Waals surface area contributed by atoms with Crippen LogP contribution in [0.2, 0.25) is 0 Å². The van der Waals surface area contributed by atoms with E-state index in [-0.39, 0.29) is 36.6 Å². The molecular weight excluding hydrogens is 445 g/mol. The van der Waals surface area contributed by atoms with Gasteiger partial charge in [-0.2, -0.15) is 0 Å². The minimum absolute atomic E-state index is 0.0373. The molecule has 3 atom stereocenters. The predicted octanol–water partition coefficient (Wildman–Crippen LogP) is 0.364. The minimum atomic E-state index is -0.746. The SMILES string of the molecule is O=C(CN(CC(=O)N1CCOCC1)C[C@H]1CC[C@@H](Oc2ccc(F)cc2)[C@@H]1O)N1CCOCC1. The Morgan fingerprint density at radius 3 is 2.00 bits per heavy atom. The van der Waals surface area contributed by atoms with Crippen LogP contribution in [0.3, 0.4) is 0 Å². The van der Waals surface area contributed by atoms with Crippen LogP contribution >= 0.6 is 0 Å². The highest BCUT2D eigenvalue weighted by Gasteiger charge is 2.38. The second kappa shape index (κ2) is 11.9. The minimum Gasteiger partial charge on any atom is -0.488 e. The fraction of sp³-hybridized carbons (Fsp3) is 0.667. The van der Waals surface area contributed by atoms with Crippen molar-refractivity contribution in [1.29, 1.82) is 0 Å². The first-order valence-electron chi connectivity index (χ1n) is 12.0. The molecule has 1 aliphatic carbocycles. The van der Waals surface area contributed by atoms with E-state index in [1.807, 2.05) is 4.90 Å². The third-order valence-corrected chi connectivity index (χ3v) is 6.72. The highest BCUT2D eigenvalue weighted by Crippen LogP contribution is 2.30. The first-order chi connectivity index (χ1) is 16.5. The summed E-state index contributed by atoms with van der Waals surface area (Å²) in [6, 6.07) is 5.74. The van der Waals surface area contributed by atoms with Crippen molar-refractivity contribution in [3.05, 3.63) is 30.1 Å². The summed E-state index contributed by atoms with van der Waals surface area (Å²) in [7, 11) is 0. The maximum atomic E-state index is 13.2. The van der Waals surface area contributed by atoms with Crippen molar-refractivity contribution < 1.29 is 33.3 Å². The molecular formula is C24H34FN3O6. The van der Waals surface area contributed by atoms with Crippen molar-refractivity contribution in [3.8, 4) is 5.75 Å². The Balaban J connectivity index is 1.37. The Morgan fingerprint density at radius 1 is 0.941 bits per heavy atom. The van der Waals surface area contributed by atoms with Gasteiger partial charge in [0.1, 0.15) is 17.7 Å². The monoisotopic (exact) mass is 479 g/mol. The maximum Gasteiger partial charge on any atom is 0.236 e. The molecule has 0 bridgehead atoms. The second-order valence-corrected chi connectivity index (χ2v) is 9.09. The average Bonchev–Trinajstić information content (AvgIpc) is 3.20. The van der Waals surface area contributed by atoms with Gasteiger partial charge >= 0.3 is 0 Å². The van der Waals surface area contributed by atoms with Gasteiger partial charge in [0.25, 0.3) is 0 Å². The number of carbonyl (C=O) groups excluding carboxylic acids is 2. The number of amides is 2. The summed E-state index contributed by atoms with van der Waals surface area (Å²) in [6.07, 6.45) is 0.194. The quantitative estimate of drug-likeness (QED) is 0.576. The third kappa shape index (κ3) is 6.65. The fourth-order valence-corrected chi connectivity index (χ4v) is 4.76. The van der Waals surface area contributed by atoms with Crippen LogP contribution in [0.15, 0.2) is 24.3 Å². The van der Waals surface area contributed by atoms with Gasteiger partial charge in [-0.3, -0.25) is 14.5 Å². The van der Waals surface area contributed by atoms with Crippen molar-refractivity contribution in [2.24, 2.45) is 5.92 Å². The van der Waals surface area contributed by atoms with E-state index in [0.29, 0.717) is 77.7 Å². The summed E-state index contributed by atoms with van der Waals surface area (Å²) in [6.45, 7) is 4.89. The number of rotatable bonds is 8. The van der Waals surface area contributed by atoms with E-state index >= 15 is 0 Å². The van der Waals surface area contributed by atoms with E-state index < -0.39 is 12.2 Å². The van der Waals surface area contributed by atoms with Gasteiger partial charge in [0.15, 0.2) is 0 Å². The third-order valence-electron chi connectivity index (χ3n) is 6.72. The summed E-state index contributed by atoms with van der Waals surface area (Å²) in [5.41, 5.74) is 0. The van der Waals surface area contributed by atoms with Gasteiger partial charge in [-0.25, -0.2) is 4.39 Å². The molecule has 0 unspecified atom stereocenters. The maximum absolute atomic E-state index is 13.2. The van der Waals surface area contributed by atoms with Crippen molar-refractivity contribution in [3.63, 3.8) is 0 Å². The van der Waals surface area contributed by atoms with E-state index in [1.165, 1.54) is 12.1 Å². The van der Waals surface area contributed by atoms with E-state index in [9.17, 15) is 19.1 Å². The molecule has 10 heteroatoms. The molecule has 0 radical (unpaired) electrons. The molecule has 2 aliphatic heterocycles. The summed E-state index contributed by atoms with van der Waals surface area (Å²) in [4.78, 5) is 31.2. The van der Waals surface area contributed by atoms with Crippen molar-refractivity contribution >= 4 is 11.8 Å². The predicted molar refractivity (Wildman–Crippen MR) is 121 cm³/mol. The lowest BCUT2D eigenvalue weighted by atomic mass is 10.0. The molecule has 4 rings (SSSR count). The summed E-state index contributed by atoms with van der Waals surface area (Å²) in [5, 5.41) is 10.9. The molecule has 34 heavy (non-hydrogen) atoms. The molecule has 0 spiro atoms. The summed E-state index contributed by atoms with van der Waals surface area (Å²) < 4.78 is 29.7. The van der Waals surface area contributed by atoms with Gasteiger partial charge in [-0.1, -0.05) is 0 Å². The number of aliphatic hydroxyl groups is 1. The lowest BCUT2D eigenvalue weighted by molar-refractivity contribution is -0.140. The molecule has 1 aromatic carbocycles. The second-order valence-electron chi connectivity index (χ2n) is 9.09. The van der Waals surface area contributed by atoms with Crippen LogP contribution in [0.4, 0.5) is 4.39 Å². The molecule has 1 aromatic rings. The van der Waals surface area contributed by atoms with Crippen molar-refractivity contribution in [1.82, 2.24) is 14.7 Å². The average molecular weight is 480 g/mol. The van der Waals surface area contributed by atoms with Gasteiger partial charge < -0.3 is 29.1 Å². The van der Waals surface area contributed by atoms with Crippen LogP contribution in [-0.2, 0) is 19.1 Å². The van der Waals surface area contributed by atoms with Crippen LogP contribution in [0.5, 0.6) is 5.75 Å². The van der Waals surface area contributed by atoms with Crippen molar-refractivity contribution in [2.75, 3.05) is 72.2 Å². The van der Waals surface area contributed by atoms with Gasteiger partial charge in [0.05, 0.1) is 45.6 Å². The number of morpholine rings is 2. The zero-order chi connectivity index (χ0) is 23.9. The van der Waals surface area contributed by atoms with Crippen LogP contribution in [-0.4, -0.2) is 116 Å². The summed E-state index contributed by atoms with van der Waals surface area (Å²) in [5.74, 6) is -0.0505. The topological polar surface area (TPSA) is 91.8 Å². The summed E-state index contributed by atoms with van der Waals surface area (Å²) >= 11 is 0. The smallest absolute Gasteiger partial charge is 0.236 e. The molecule has 3 aliphatic rings. The Morgan fingerprint density at radius 2 is 1.47 bits per heavy atom. The van der Waals surface area contributed by atoms with Crippen molar-refractivity contribution in [2.45, 2.75) is 25.0 Å².